The van der Waals surface area contributed by atoms with Gasteiger partial charge in [0.05, 0.1) is 10.4 Å². The van der Waals surface area contributed by atoms with Gasteiger partial charge in [0.2, 0.25) is 5.96 Å². The molecule has 9 nitrogen and oxygen atoms in total. The Balaban J connectivity index is 1.88. The molecule has 39 heavy (non-hydrogen) atoms. The van der Waals surface area contributed by atoms with Crippen LogP contribution < -0.4 is 5.32 Å². The van der Waals surface area contributed by atoms with Gasteiger partial charge in [0.25, 0.3) is 15.6 Å². The van der Waals surface area contributed by atoms with Crippen molar-refractivity contribution in [3.8, 4) is 0 Å². The molecular weight excluding hydrogens is 582 g/mol. The molecule has 2 aliphatic rings. The highest BCUT2D eigenvalue weighted by atomic mass is 79.9. The van der Waals surface area contributed by atoms with Crippen molar-refractivity contribution in [1.29, 1.82) is 0 Å². The van der Waals surface area contributed by atoms with Gasteiger partial charge in [-0.05, 0) is 63.6 Å². The van der Waals surface area contributed by atoms with Gasteiger partial charge in [0.15, 0.2) is 0 Å². The number of halogens is 1. The third-order valence-corrected chi connectivity index (χ3v) is 9.37. The molecule has 0 aliphatic carbocycles. The summed E-state index contributed by atoms with van der Waals surface area (Å²) in [5.74, 6) is 0.231. The van der Waals surface area contributed by atoms with E-state index in [-0.39, 0.29) is 15.8 Å². The molecule has 1 saturated heterocycles. The quantitative estimate of drug-likeness (QED) is 0.283. The number of rotatable bonds is 4. The van der Waals surface area contributed by atoms with Gasteiger partial charge in [0.1, 0.15) is 12.1 Å². The zero-order valence-electron chi connectivity index (χ0n) is 22.3. The summed E-state index contributed by atoms with van der Waals surface area (Å²) >= 11 is 3.43. The van der Waals surface area contributed by atoms with E-state index in [1.165, 1.54) is 28.5 Å². The molecular formula is C28H30BrN5O4S. The normalized spacial score (nSPS) is 24.3. The lowest BCUT2D eigenvalue weighted by Gasteiger charge is -2.40. The Hall–Kier alpha value is -3.28. The second-order valence-corrected chi connectivity index (χ2v) is 13.8. The smallest absolute Gasteiger partial charge is 0.267 e. The predicted octanol–water partition coefficient (Wildman–Crippen LogP) is 6.08. The van der Waals surface area contributed by atoms with Crippen molar-refractivity contribution in [2.24, 2.45) is 4.99 Å². The molecule has 0 bridgehead atoms. The summed E-state index contributed by atoms with van der Waals surface area (Å²) in [5.41, 5.74) is 0.264. The standard InChI is InChI=1S/C28H30BrN5O4S/c1-18-10-16-21(17-11-18)39(37,38)33-24(19-12-14-20(29)15-13-19)28(5,34(35)36)25-22-8-6-7-9-23(22)30-26(32(25)33)31-27(2,3)4/h6-17,24-25H,1-5H3,(H,30,31)/t24-,25+,28-/m1/s1. The van der Waals surface area contributed by atoms with Gasteiger partial charge >= 0.3 is 0 Å². The van der Waals surface area contributed by atoms with Crippen LogP contribution in [0.2, 0.25) is 0 Å². The van der Waals surface area contributed by atoms with Crippen molar-refractivity contribution in [1.82, 2.24) is 9.42 Å². The molecule has 5 rings (SSSR count). The largest absolute Gasteiger partial charge is 0.325 e. The van der Waals surface area contributed by atoms with Crippen molar-refractivity contribution in [3.63, 3.8) is 0 Å². The van der Waals surface area contributed by atoms with E-state index in [1.807, 2.05) is 39.8 Å². The first-order valence-corrected chi connectivity index (χ1v) is 14.7. The lowest BCUT2D eigenvalue weighted by molar-refractivity contribution is -0.573. The molecule has 0 saturated carbocycles. The summed E-state index contributed by atoms with van der Waals surface area (Å²) in [5, 5.41) is 17.9. The zero-order chi connectivity index (χ0) is 28.3. The van der Waals surface area contributed by atoms with Crippen molar-refractivity contribution >= 4 is 37.6 Å². The number of aliphatic imine (C=N–C) groups is 1. The number of anilines is 1. The molecule has 11 heteroatoms. The number of hydrogen-bond acceptors (Lipinski definition) is 5. The maximum absolute atomic E-state index is 14.6. The fourth-order valence-corrected chi connectivity index (χ4v) is 7.30. The second-order valence-electron chi connectivity index (χ2n) is 11.1. The van der Waals surface area contributed by atoms with Crippen LogP contribution in [0.3, 0.4) is 0 Å². The average Bonchev–Trinajstić information content (AvgIpc) is 3.16. The molecule has 2 aliphatic heterocycles. The molecule has 0 radical (unpaired) electrons. The summed E-state index contributed by atoms with van der Waals surface area (Å²) in [4.78, 5) is 17.7. The van der Waals surface area contributed by atoms with Crippen molar-refractivity contribution in [2.75, 3.05) is 5.32 Å². The molecule has 1 N–H and O–H groups in total. The summed E-state index contributed by atoms with van der Waals surface area (Å²) < 4.78 is 31.1. The highest BCUT2D eigenvalue weighted by Crippen LogP contribution is 2.57. The number of sulfonamides is 1. The fourth-order valence-electron chi connectivity index (χ4n) is 5.33. The summed E-state index contributed by atoms with van der Waals surface area (Å²) in [6.07, 6.45) is 0. The van der Waals surface area contributed by atoms with Gasteiger partial charge in [-0.25, -0.2) is 18.4 Å². The van der Waals surface area contributed by atoms with E-state index in [2.05, 4.69) is 21.2 Å². The maximum Gasteiger partial charge on any atom is 0.267 e. The van der Waals surface area contributed by atoms with E-state index in [4.69, 9.17) is 4.99 Å². The Labute approximate surface area is 236 Å². The first-order chi connectivity index (χ1) is 18.2. The van der Waals surface area contributed by atoms with Crippen LogP contribution in [0.5, 0.6) is 0 Å². The minimum absolute atomic E-state index is 0.0375. The van der Waals surface area contributed by atoms with E-state index < -0.39 is 33.2 Å². The number of hydrogen-bond donors (Lipinski definition) is 1. The van der Waals surface area contributed by atoms with E-state index >= 15 is 0 Å². The Morgan fingerprint density at radius 1 is 1.00 bits per heavy atom. The van der Waals surface area contributed by atoms with Crippen LogP contribution in [-0.4, -0.2) is 39.8 Å². The highest BCUT2D eigenvalue weighted by Gasteiger charge is 2.70. The van der Waals surface area contributed by atoms with E-state index in [1.54, 1.807) is 48.5 Å². The number of benzene rings is 3. The minimum atomic E-state index is -4.31. The van der Waals surface area contributed by atoms with Gasteiger partial charge in [-0.15, -0.1) is 0 Å². The van der Waals surface area contributed by atoms with E-state index in [0.29, 0.717) is 16.8 Å². The van der Waals surface area contributed by atoms with Gasteiger partial charge in [-0.1, -0.05) is 68.4 Å². The van der Waals surface area contributed by atoms with Crippen LogP contribution in [0.4, 0.5) is 5.69 Å². The molecule has 3 atom stereocenters. The van der Waals surface area contributed by atoms with Gasteiger partial charge < -0.3 is 5.32 Å². The Bertz CT molecular complexity index is 1570. The molecule has 0 unspecified atom stereocenters. The number of para-hydroxylation sites is 1. The number of aryl methyl sites for hydroxylation is 1. The molecule has 0 spiro atoms. The monoisotopic (exact) mass is 611 g/mol. The van der Waals surface area contributed by atoms with E-state index in [9.17, 15) is 18.5 Å². The van der Waals surface area contributed by atoms with Gasteiger partial charge in [0, 0.05) is 27.6 Å². The first-order valence-electron chi connectivity index (χ1n) is 12.5. The van der Waals surface area contributed by atoms with Crippen LogP contribution >= 0.6 is 15.9 Å². The predicted molar refractivity (Wildman–Crippen MR) is 154 cm³/mol. The molecule has 1 fully saturated rings. The van der Waals surface area contributed by atoms with Gasteiger partial charge in [-0.3, -0.25) is 10.1 Å². The van der Waals surface area contributed by atoms with Crippen LogP contribution in [0.1, 0.15) is 56.5 Å². The Kier molecular flexibility index (Phi) is 6.60. The number of fused-ring (bicyclic) bond motifs is 3. The van der Waals surface area contributed by atoms with Crippen LogP contribution in [0.15, 0.2) is 87.2 Å². The van der Waals surface area contributed by atoms with Crippen molar-refractivity contribution in [2.45, 2.75) is 62.7 Å². The van der Waals surface area contributed by atoms with Crippen LogP contribution in [-0.2, 0) is 10.0 Å². The summed E-state index contributed by atoms with van der Waals surface area (Å²) in [6, 6.07) is 18.6. The zero-order valence-corrected chi connectivity index (χ0v) is 24.7. The second kappa shape index (κ2) is 9.42. The maximum atomic E-state index is 14.6. The fraction of sp³-hybridized carbons (Fsp3) is 0.321. The van der Waals surface area contributed by atoms with Crippen molar-refractivity contribution in [3.05, 3.63) is 104 Å². The van der Waals surface area contributed by atoms with E-state index in [0.717, 1.165) is 10.0 Å². The van der Waals surface area contributed by atoms with Crippen molar-refractivity contribution < 1.29 is 13.3 Å². The Morgan fingerprint density at radius 3 is 2.21 bits per heavy atom. The lowest BCUT2D eigenvalue weighted by atomic mass is 9.79. The average molecular weight is 613 g/mol. The third kappa shape index (κ3) is 4.52. The highest BCUT2D eigenvalue weighted by molar-refractivity contribution is 9.10. The SMILES string of the molecule is Cc1ccc(S(=O)(=O)N2[C@H](c3ccc(Br)cc3)[C@@](C)([N+](=O)[O-])[C@@H]3c4ccccc4NC(=NC(C)(C)C)N32)cc1. The Morgan fingerprint density at radius 2 is 1.62 bits per heavy atom. The third-order valence-electron chi connectivity index (χ3n) is 7.09. The van der Waals surface area contributed by atoms with Crippen LogP contribution in [0, 0.1) is 17.0 Å². The molecule has 2 heterocycles. The molecule has 0 aromatic heterocycles. The lowest BCUT2D eigenvalue weighted by Crippen LogP contribution is -2.52. The molecule has 204 valence electrons. The number of nitrogens with zero attached hydrogens (tertiary/aromatic N) is 4. The topological polar surface area (TPSA) is 108 Å². The summed E-state index contributed by atoms with van der Waals surface area (Å²) in [6.45, 7) is 9.08. The minimum Gasteiger partial charge on any atom is -0.325 e. The molecule has 0 amide bonds. The first kappa shape index (κ1) is 27.3. The van der Waals surface area contributed by atoms with Gasteiger partial charge in [-0.2, -0.15) is 0 Å². The number of nitro groups is 1. The van der Waals surface area contributed by atoms with Crippen LogP contribution in [0.25, 0.3) is 0 Å². The molecule has 3 aromatic rings. The number of hydrazine groups is 1. The summed E-state index contributed by atoms with van der Waals surface area (Å²) in [7, 11) is -4.31. The number of nitrogens with one attached hydrogen (secondary N) is 1. The molecule has 3 aromatic carbocycles. The number of guanidine groups is 1.